The fraction of sp³-hybridized carbons (Fsp3) is 0.538. The molecule has 0 bridgehead atoms. The summed E-state index contributed by atoms with van der Waals surface area (Å²) < 4.78 is 5.91. The van der Waals surface area contributed by atoms with E-state index in [0.717, 1.165) is 6.73 Å². The summed E-state index contributed by atoms with van der Waals surface area (Å²) in [5, 5.41) is 0. The average Bonchev–Trinajstić information content (AvgIpc) is 2.74. The summed E-state index contributed by atoms with van der Waals surface area (Å²) in [6.45, 7) is 2.04. The highest BCUT2D eigenvalue weighted by Crippen LogP contribution is 2.36. The Hall–Kier alpha value is -0.860. The zero-order valence-electron chi connectivity index (χ0n) is 8.93. The third-order valence-electron chi connectivity index (χ3n) is 3.56. The van der Waals surface area contributed by atoms with E-state index < -0.39 is 0 Å². The van der Waals surface area contributed by atoms with Crippen LogP contribution >= 0.6 is 0 Å². The smallest absolute Gasteiger partial charge is 0.100 e. The maximum Gasteiger partial charge on any atom is 0.100 e. The Morgan fingerprint density at radius 1 is 1.13 bits per heavy atom. The number of hydrogen-bond acceptors (Lipinski definition) is 2. The van der Waals surface area contributed by atoms with Crippen molar-refractivity contribution >= 4 is 0 Å². The summed E-state index contributed by atoms with van der Waals surface area (Å²) in [7, 11) is 0. The topological polar surface area (TPSA) is 12.5 Å². The van der Waals surface area contributed by atoms with Gasteiger partial charge in [0.05, 0.1) is 6.10 Å². The standard InChI is InChI=1S/C13H17NO/c1-2-6-11(7-3-1)13-12-8-4-5-9-14(12)10-15-13/h1-3,6-7,12-13H,4-5,8-10H2/t12-,13-/m0/s1. The lowest BCUT2D eigenvalue weighted by Crippen LogP contribution is -2.36. The van der Waals surface area contributed by atoms with E-state index in [1.807, 2.05) is 0 Å². The minimum atomic E-state index is 0.312. The molecule has 0 radical (unpaired) electrons. The van der Waals surface area contributed by atoms with Gasteiger partial charge >= 0.3 is 0 Å². The van der Waals surface area contributed by atoms with E-state index in [1.54, 1.807) is 0 Å². The second-order valence-corrected chi connectivity index (χ2v) is 4.50. The molecule has 3 rings (SSSR count). The van der Waals surface area contributed by atoms with Crippen LogP contribution in [-0.2, 0) is 4.74 Å². The zero-order chi connectivity index (χ0) is 10.1. The molecule has 2 heteroatoms. The lowest BCUT2D eigenvalue weighted by atomic mass is 9.94. The first-order valence-corrected chi connectivity index (χ1v) is 5.86. The monoisotopic (exact) mass is 203 g/mol. The van der Waals surface area contributed by atoms with Gasteiger partial charge in [0.15, 0.2) is 0 Å². The number of hydrogen-bond donors (Lipinski definition) is 0. The average molecular weight is 203 g/mol. The fourth-order valence-corrected chi connectivity index (χ4v) is 2.77. The van der Waals surface area contributed by atoms with Gasteiger partial charge in [0.1, 0.15) is 6.73 Å². The molecule has 2 fully saturated rings. The molecule has 15 heavy (non-hydrogen) atoms. The number of piperidine rings is 1. The van der Waals surface area contributed by atoms with Gasteiger partial charge in [-0.25, -0.2) is 0 Å². The predicted molar refractivity (Wildman–Crippen MR) is 59.5 cm³/mol. The highest BCUT2D eigenvalue weighted by molar-refractivity contribution is 5.20. The van der Waals surface area contributed by atoms with Crippen molar-refractivity contribution in [1.82, 2.24) is 4.90 Å². The van der Waals surface area contributed by atoms with Crippen molar-refractivity contribution in [1.29, 1.82) is 0 Å². The molecule has 80 valence electrons. The van der Waals surface area contributed by atoms with Crippen LogP contribution in [-0.4, -0.2) is 24.2 Å². The quantitative estimate of drug-likeness (QED) is 0.695. The lowest BCUT2D eigenvalue weighted by molar-refractivity contribution is 0.0896. The number of fused-ring (bicyclic) bond motifs is 1. The van der Waals surface area contributed by atoms with Crippen LogP contribution < -0.4 is 0 Å². The third-order valence-corrected chi connectivity index (χ3v) is 3.56. The summed E-state index contributed by atoms with van der Waals surface area (Å²) in [6, 6.07) is 11.3. The summed E-state index contributed by atoms with van der Waals surface area (Å²) in [5.74, 6) is 0. The number of nitrogens with zero attached hydrogens (tertiary/aromatic N) is 1. The van der Waals surface area contributed by atoms with Gasteiger partial charge < -0.3 is 4.74 Å². The van der Waals surface area contributed by atoms with Crippen molar-refractivity contribution in [2.75, 3.05) is 13.3 Å². The van der Waals surface area contributed by atoms with Gasteiger partial charge in [-0.05, 0) is 18.4 Å². The number of rotatable bonds is 1. The van der Waals surface area contributed by atoms with Crippen LogP contribution in [0.2, 0.25) is 0 Å². The highest BCUT2D eigenvalue weighted by Gasteiger charge is 2.37. The molecule has 0 amide bonds. The first kappa shape index (κ1) is 9.37. The Morgan fingerprint density at radius 2 is 2.00 bits per heavy atom. The Kier molecular flexibility index (Phi) is 2.47. The molecule has 0 unspecified atom stereocenters. The summed E-state index contributed by atoms with van der Waals surface area (Å²) in [5.41, 5.74) is 1.34. The normalized spacial score (nSPS) is 31.5. The molecular formula is C13H17NO. The van der Waals surface area contributed by atoms with Gasteiger partial charge in [0.2, 0.25) is 0 Å². The Balaban J connectivity index is 1.82. The first-order valence-electron chi connectivity index (χ1n) is 5.86. The third kappa shape index (κ3) is 1.68. The molecule has 1 aromatic carbocycles. The molecular weight excluding hydrogens is 186 g/mol. The second-order valence-electron chi connectivity index (χ2n) is 4.50. The van der Waals surface area contributed by atoms with Crippen molar-refractivity contribution in [2.24, 2.45) is 0 Å². The van der Waals surface area contributed by atoms with Gasteiger partial charge in [-0.3, -0.25) is 4.90 Å². The van der Waals surface area contributed by atoms with E-state index in [4.69, 9.17) is 4.74 Å². The molecule has 0 aliphatic carbocycles. The molecule has 2 atom stereocenters. The largest absolute Gasteiger partial charge is 0.357 e. The SMILES string of the molecule is c1ccc([C@@H]2OCN3CCCC[C@@H]23)cc1. The number of ether oxygens (including phenoxy) is 1. The van der Waals surface area contributed by atoms with Crippen LogP contribution in [0.15, 0.2) is 30.3 Å². The number of benzene rings is 1. The molecule has 0 spiro atoms. The minimum Gasteiger partial charge on any atom is -0.357 e. The van der Waals surface area contributed by atoms with Crippen molar-refractivity contribution in [3.63, 3.8) is 0 Å². The lowest BCUT2D eigenvalue weighted by Gasteiger charge is -2.30. The molecule has 2 nitrogen and oxygen atoms in total. The second kappa shape index (κ2) is 3.95. The molecule has 0 saturated carbocycles. The van der Waals surface area contributed by atoms with Crippen molar-refractivity contribution < 1.29 is 4.74 Å². The van der Waals surface area contributed by atoms with E-state index in [0.29, 0.717) is 12.1 Å². The van der Waals surface area contributed by atoms with Crippen molar-refractivity contribution in [2.45, 2.75) is 31.4 Å². The molecule has 1 aromatic rings. The Morgan fingerprint density at radius 3 is 2.87 bits per heavy atom. The van der Waals surface area contributed by atoms with E-state index >= 15 is 0 Å². The molecule has 0 N–H and O–H groups in total. The van der Waals surface area contributed by atoms with E-state index in [-0.39, 0.29) is 0 Å². The van der Waals surface area contributed by atoms with Gasteiger partial charge in [-0.2, -0.15) is 0 Å². The predicted octanol–water partition coefficient (Wildman–Crippen LogP) is 2.57. The maximum atomic E-state index is 5.91. The van der Waals surface area contributed by atoms with Crippen molar-refractivity contribution in [3.8, 4) is 0 Å². The Bertz CT molecular complexity index is 325. The summed E-state index contributed by atoms with van der Waals surface area (Å²) >= 11 is 0. The highest BCUT2D eigenvalue weighted by atomic mass is 16.5. The summed E-state index contributed by atoms with van der Waals surface area (Å²) in [6.07, 6.45) is 4.29. The van der Waals surface area contributed by atoms with E-state index in [2.05, 4.69) is 35.2 Å². The van der Waals surface area contributed by atoms with Crippen LogP contribution in [0.4, 0.5) is 0 Å². The van der Waals surface area contributed by atoms with Crippen LogP contribution in [0.3, 0.4) is 0 Å². The fourth-order valence-electron chi connectivity index (χ4n) is 2.77. The van der Waals surface area contributed by atoms with E-state index in [9.17, 15) is 0 Å². The zero-order valence-corrected chi connectivity index (χ0v) is 8.93. The molecule has 2 aliphatic rings. The molecule has 2 heterocycles. The van der Waals surface area contributed by atoms with Crippen LogP contribution in [0.25, 0.3) is 0 Å². The van der Waals surface area contributed by atoms with E-state index in [1.165, 1.54) is 31.4 Å². The summed E-state index contributed by atoms with van der Waals surface area (Å²) in [4.78, 5) is 2.49. The molecule has 2 aliphatic heterocycles. The Labute approximate surface area is 90.8 Å². The van der Waals surface area contributed by atoms with Gasteiger partial charge in [-0.15, -0.1) is 0 Å². The molecule has 0 aromatic heterocycles. The minimum absolute atomic E-state index is 0.312. The van der Waals surface area contributed by atoms with Crippen LogP contribution in [0, 0.1) is 0 Å². The molecule has 2 saturated heterocycles. The van der Waals surface area contributed by atoms with Crippen LogP contribution in [0.5, 0.6) is 0 Å². The van der Waals surface area contributed by atoms with Gasteiger partial charge in [0, 0.05) is 12.6 Å². The van der Waals surface area contributed by atoms with Gasteiger partial charge in [-0.1, -0.05) is 36.8 Å². The van der Waals surface area contributed by atoms with Crippen LogP contribution in [0.1, 0.15) is 30.9 Å². The van der Waals surface area contributed by atoms with Gasteiger partial charge in [0.25, 0.3) is 0 Å². The first-order chi connectivity index (χ1) is 7.45. The maximum absolute atomic E-state index is 5.91. The van der Waals surface area contributed by atoms with Crippen molar-refractivity contribution in [3.05, 3.63) is 35.9 Å².